The zero-order valence-electron chi connectivity index (χ0n) is 11.0. The normalized spacial score (nSPS) is 11.2. The number of ether oxygens (including phenoxy) is 1. The summed E-state index contributed by atoms with van der Waals surface area (Å²) in [7, 11) is -1.97. The summed E-state index contributed by atoms with van der Waals surface area (Å²) in [5.41, 5.74) is 12.9. The van der Waals surface area contributed by atoms with Crippen molar-refractivity contribution in [1.82, 2.24) is 0 Å². The van der Waals surface area contributed by atoms with Crippen LogP contribution in [0.15, 0.2) is 47.4 Å². The van der Waals surface area contributed by atoms with Gasteiger partial charge in [-0.3, -0.25) is 0 Å². The number of rotatable bonds is 4. The Morgan fingerprint density at radius 2 is 1.70 bits per heavy atom. The summed E-state index contributed by atoms with van der Waals surface area (Å²) in [6.45, 7) is 0. The van der Waals surface area contributed by atoms with Crippen LogP contribution in [0.2, 0.25) is 0 Å². The van der Waals surface area contributed by atoms with Crippen LogP contribution >= 0.6 is 0 Å². The molecule has 0 atom stereocenters. The molecule has 0 radical (unpaired) electrons. The van der Waals surface area contributed by atoms with Gasteiger partial charge in [0.2, 0.25) is 0 Å². The Morgan fingerprint density at radius 1 is 1.05 bits per heavy atom. The molecule has 6 heteroatoms. The molecule has 0 heterocycles. The highest BCUT2D eigenvalue weighted by Gasteiger charge is 2.16. The van der Waals surface area contributed by atoms with Crippen molar-refractivity contribution < 1.29 is 13.2 Å². The highest BCUT2D eigenvalue weighted by Crippen LogP contribution is 2.26. The van der Waals surface area contributed by atoms with E-state index in [9.17, 15) is 8.42 Å². The molecule has 0 aromatic heterocycles. The summed E-state index contributed by atoms with van der Waals surface area (Å²) in [5.74, 6) is 0.357. The van der Waals surface area contributed by atoms with E-state index in [1.807, 2.05) is 0 Å². The minimum atomic E-state index is -3.45. The second-order valence-electron chi connectivity index (χ2n) is 4.40. The van der Waals surface area contributed by atoms with Crippen molar-refractivity contribution in [3.8, 4) is 5.75 Å². The van der Waals surface area contributed by atoms with E-state index < -0.39 is 9.84 Å². The molecule has 2 rings (SSSR count). The molecule has 0 aliphatic heterocycles. The molecule has 2 aromatic carbocycles. The molecule has 0 bridgehead atoms. The fourth-order valence-electron chi connectivity index (χ4n) is 1.82. The van der Waals surface area contributed by atoms with Gasteiger partial charge >= 0.3 is 0 Å². The fraction of sp³-hybridized carbons (Fsp3) is 0.143. The lowest BCUT2D eigenvalue weighted by Gasteiger charge is -2.08. The first-order valence-electron chi connectivity index (χ1n) is 5.93. The van der Waals surface area contributed by atoms with E-state index in [0.717, 1.165) is 0 Å². The maximum atomic E-state index is 12.3. The van der Waals surface area contributed by atoms with Crippen molar-refractivity contribution >= 4 is 21.2 Å². The monoisotopic (exact) mass is 292 g/mol. The van der Waals surface area contributed by atoms with E-state index in [1.54, 1.807) is 30.3 Å². The molecule has 0 saturated heterocycles. The van der Waals surface area contributed by atoms with Crippen LogP contribution in [0.25, 0.3) is 0 Å². The highest BCUT2D eigenvalue weighted by molar-refractivity contribution is 7.90. The Bertz CT molecular complexity index is 710. The molecule has 0 fully saturated rings. The lowest BCUT2D eigenvalue weighted by atomic mass is 10.2. The first-order valence-corrected chi connectivity index (χ1v) is 7.58. The number of benzene rings is 2. The Labute approximate surface area is 118 Å². The van der Waals surface area contributed by atoms with Crippen molar-refractivity contribution in [1.29, 1.82) is 0 Å². The van der Waals surface area contributed by atoms with Crippen molar-refractivity contribution in [2.75, 3.05) is 18.6 Å². The third kappa shape index (κ3) is 3.03. The van der Waals surface area contributed by atoms with Gasteiger partial charge in [-0.25, -0.2) is 8.42 Å². The average molecular weight is 292 g/mol. The molecule has 0 aliphatic rings. The minimum absolute atomic E-state index is 0.0982. The van der Waals surface area contributed by atoms with Crippen LogP contribution < -0.4 is 16.2 Å². The van der Waals surface area contributed by atoms with Crippen molar-refractivity contribution in [2.45, 2.75) is 10.6 Å². The summed E-state index contributed by atoms with van der Waals surface area (Å²) in [4.78, 5) is 0.174. The zero-order valence-corrected chi connectivity index (χ0v) is 11.9. The topological polar surface area (TPSA) is 95.4 Å². The third-order valence-corrected chi connectivity index (χ3v) is 4.58. The number of sulfone groups is 1. The second-order valence-corrected chi connectivity index (χ2v) is 6.39. The smallest absolute Gasteiger partial charge is 0.182 e. The van der Waals surface area contributed by atoms with Crippen LogP contribution in [-0.2, 0) is 15.6 Å². The van der Waals surface area contributed by atoms with E-state index in [4.69, 9.17) is 16.2 Å². The van der Waals surface area contributed by atoms with Crippen LogP contribution in [-0.4, -0.2) is 15.5 Å². The first kappa shape index (κ1) is 14.2. The number of nitrogen functional groups attached to an aromatic ring is 2. The summed E-state index contributed by atoms with van der Waals surface area (Å²) in [5, 5.41) is 0. The quantitative estimate of drug-likeness (QED) is 0.838. The summed E-state index contributed by atoms with van der Waals surface area (Å²) in [6.07, 6.45) is 0. The zero-order chi connectivity index (χ0) is 14.8. The van der Waals surface area contributed by atoms with Crippen LogP contribution in [0.4, 0.5) is 11.4 Å². The van der Waals surface area contributed by atoms with Gasteiger partial charge in [-0.1, -0.05) is 12.1 Å². The van der Waals surface area contributed by atoms with Crippen LogP contribution in [0, 0.1) is 0 Å². The van der Waals surface area contributed by atoms with E-state index in [0.29, 0.717) is 22.7 Å². The molecule has 0 spiro atoms. The maximum Gasteiger partial charge on any atom is 0.182 e. The minimum Gasteiger partial charge on any atom is -0.495 e. The predicted molar refractivity (Wildman–Crippen MR) is 79.2 cm³/mol. The van der Waals surface area contributed by atoms with Crippen LogP contribution in [0.5, 0.6) is 5.75 Å². The Morgan fingerprint density at radius 3 is 2.25 bits per heavy atom. The molecule has 2 aromatic rings. The van der Waals surface area contributed by atoms with Gasteiger partial charge in [-0.05, 0) is 35.9 Å². The standard InChI is InChI=1S/C14H16N2O3S/c1-19-14-7-6-12(8-13(14)16)20(17,18)9-10-2-4-11(15)5-3-10/h2-8H,9,15-16H2,1H3. The molecular weight excluding hydrogens is 276 g/mol. The average Bonchev–Trinajstić information content (AvgIpc) is 2.41. The SMILES string of the molecule is COc1ccc(S(=O)(=O)Cc2ccc(N)cc2)cc1N. The first-order chi connectivity index (χ1) is 9.42. The lowest BCUT2D eigenvalue weighted by Crippen LogP contribution is -2.06. The third-order valence-electron chi connectivity index (χ3n) is 2.90. The molecule has 0 aliphatic carbocycles. The largest absolute Gasteiger partial charge is 0.495 e. The van der Waals surface area contributed by atoms with Gasteiger partial charge in [0.1, 0.15) is 5.75 Å². The van der Waals surface area contributed by atoms with Gasteiger partial charge in [-0.2, -0.15) is 0 Å². The van der Waals surface area contributed by atoms with E-state index in [2.05, 4.69) is 0 Å². The fourth-order valence-corrected chi connectivity index (χ4v) is 3.20. The van der Waals surface area contributed by atoms with Gasteiger partial charge in [0.15, 0.2) is 9.84 Å². The van der Waals surface area contributed by atoms with E-state index in [1.165, 1.54) is 19.2 Å². The summed E-state index contributed by atoms with van der Waals surface area (Å²) >= 11 is 0. The number of nitrogens with two attached hydrogens (primary N) is 2. The van der Waals surface area contributed by atoms with Gasteiger partial charge in [-0.15, -0.1) is 0 Å². The van der Waals surface area contributed by atoms with Gasteiger partial charge in [0.25, 0.3) is 0 Å². The summed E-state index contributed by atoms with van der Waals surface area (Å²) < 4.78 is 29.6. The number of methoxy groups -OCH3 is 1. The van der Waals surface area contributed by atoms with Gasteiger partial charge < -0.3 is 16.2 Å². The predicted octanol–water partition coefficient (Wildman–Crippen LogP) is 1.83. The molecule has 0 saturated carbocycles. The van der Waals surface area contributed by atoms with E-state index in [-0.39, 0.29) is 10.6 Å². The molecule has 20 heavy (non-hydrogen) atoms. The molecular formula is C14H16N2O3S. The van der Waals surface area contributed by atoms with Crippen molar-refractivity contribution in [3.63, 3.8) is 0 Å². The Hall–Kier alpha value is -2.21. The molecule has 5 nitrogen and oxygen atoms in total. The van der Waals surface area contributed by atoms with Gasteiger partial charge in [0.05, 0.1) is 23.4 Å². The molecule has 4 N–H and O–H groups in total. The second kappa shape index (κ2) is 5.42. The van der Waals surface area contributed by atoms with Crippen molar-refractivity contribution in [2.24, 2.45) is 0 Å². The lowest BCUT2D eigenvalue weighted by molar-refractivity contribution is 0.416. The Kier molecular flexibility index (Phi) is 3.85. The van der Waals surface area contributed by atoms with Gasteiger partial charge in [0, 0.05) is 5.69 Å². The molecule has 0 unspecified atom stereocenters. The van der Waals surface area contributed by atoms with Crippen LogP contribution in [0.1, 0.15) is 5.56 Å². The van der Waals surface area contributed by atoms with Crippen LogP contribution in [0.3, 0.4) is 0 Å². The number of anilines is 2. The summed E-state index contributed by atoms with van der Waals surface area (Å²) in [6, 6.07) is 11.2. The molecule has 106 valence electrons. The molecule has 0 amide bonds. The number of hydrogen-bond donors (Lipinski definition) is 2. The van der Waals surface area contributed by atoms with Crippen molar-refractivity contribution in [3.05, 3.63) is 48.0 Å². The number of hydrogen-bond acceptors (Lipinski definition) is 5. The highest BCUT2D eigenvalue weighted by atomic mass is 32.2. The Balaban J connectivity index is 2.30. The maximum absolute atomic E-state index is 12.3. The van der Waals surface area contributed by atoms with E-state index >= 15 is 0 Å².